The summed E-state index contributed by atoms with van der Waals surface area (Å²) in [7, 11) is 1.98. The molecule has 1 atom stereocenters. The fourth-order valence-electron chi connectivity index (χ4n) is 3.19. The Kier molecular flexibility index (Phi) is 4.16. The van der Waals surface area contributed by atoms with E-state index in [4.69, 9.17) is 0 Å². The van der Waals surface area contributed by atoms with Gasteiger partial charge in [-0.25, -0.2) is 0 Å². The van der Waals surface area contributed by atoms with Gasteiger partial charge >= 0.3 is 0 Å². The maximum Gasteiger partial charge on any atom is 0.0764 e. The first-order valence-electron chi connectivity index (χ1n) is 7.54. The summed E-state index contributed by atoms with van der Waals surface area (Å²) in [5.74, 6) is 0.787. The third-order valence-electron chi connectivity index (χ3n) is 4.12. The molecule has 3 nitrogen and oxygen atoms in total. The van der Waals surface area contributed by atoms with E-state index in [-0.39, 0.29) is 0 Å². The number of likely N-dealkylation sites (tertiary alicyclic amines) is 1. The SMILES string of the molecule is Cn1ccc(CN2CCCC(Cc3ccccc3)C2)n1. The van der Waals surface area contributed by atoms with E-state index in [2.05, 4.69) is 46.4 Å². The third kappa shape index (κ3) is 3.48. The van der Waals surface area contributed by atoms with Crippen molar-refractivity contribution in [2.24, 2.45) is 13.0 Å². The molecule has 2 heterocycles. The van der Waals surface area contributed by atoms with E-state index >= 15 is 0 Å². The van der Waals surface area contributed by atoms with Gasteiger partial charge in [0, 0.05) is 26.3 Å². The van der Waals surface area contributed by atoms with Crippen LogP contribution in [-0.2, 0) is 20.0 Å². The van der Waals surface area contributed by atoms with E-state index in [9.17, 15) is 0 Å². The van der Waals surface area contributed by atoms with Crippen LogP contribution in [0.15, 0.2) is 42.6 Å². The number of aryl methyl sites for hydroxylation is 1. The highest BCUT2D eigenvalue weighted by molar-refractivity contribution is 5.15. The van der Waals surface area contributed by atoms with E-state index in [1.165, 1.54) is 43.6 Å². The smallest absolute Gasteiger partial charge is 0.0764 e. The van der Waals surface area contributed by atoms with Crippen molar-refractivity contribution < 1.29 is 0 Å². The van der Waals surface area contributed by atoms with Gasteiger partial charge in [0.2, 0.25) is 0 Å². The Morgan fingerprint density at radius 2 is 2.05 bits per heavy atom. The highest BCUT2D eigenvalue weighted by Gasteiger charge is 2.20. The van der Waals surface area contributed by atoms with Crippen LogP contribution in [0, 0.1) is 5.92 Å². The van der Waals surface area contributed by atoms with Crippen LogP contribution in [0.4, 0.5) is 0 Å². The van der Waals surface area contributed by atoms with Crippen LogP contribution >= 0.6 is 0 Å². The van der Waals surface area contributed by atoms with Crippen LogP contribution in [0.1, 0.15) is 24.1 Å². The number of hydrogen-bond donors (Lipinski definition) is 0. The Hall–Kier alpha value is -1.61. The van der Waals surface area contributed by atoms with Crippen LogP contribution in [-0.4, -0.2) is 27.8 Å². The molecule has 0 amide bonds. The summed E-state index contributed by atoms with van der Waals surface area (Å²) in [6.07, 6.45) is 5.90. The van der Waals surface area contributed by atoms with Crippen LogP contribution < -0.4 is 0 Å². The van der Waals surface area contributed by atoms with E-state index in [1.807, 2.05) is 17.9 Å². The van der Waals surface area contributed by atoms with Gasteiger partial charge < -0.3 is 0 Å². The lowest BCUT2D eigenvalue weighted by molar-refractivity contribution is 0.165. The molecule has 1 fully saturated rings. The molecule has 1 aliphatic heterocycles. The summed E-state index contributed by atoms with van der Waals surface area (Å²) in [6.45, 7) is 3.40. The predicted molar refractivity (Wildman–Crippen MR) is 81.4 cm³/mol. The molecule has 3 rings (SSSR count). The zero-order valence-electron chi connectivity index (χ0n) is 12.2. The molecule has 1 saturated heterocycles. The van der Waals surface area contributed by atoms with Crippen molar-refractivity contribution in [3.8, 4) is 0 Å². The normalized spacial score (nSPS) is 20.1. The van der Waals surface area contributed by atoms with Crippen LogP contribution in [0.3, 0.4) is 0 Å². The lowest BCUT2D eigenvalue weighted by Crippen LogP contribution is -2.35. The van der Waals surface area contributed by atoms with Gasteiger partial charge in [-0.05, 0) is 43.4 Å². The minimum absolute atomic E-state index is 0.787. The van der Waals surface area contributed by atoms with Crippen molar-refractivity contribution in [2.45, 2.75) is 25.8 Å². The molecule has 0 saturated carbocycles. The molecule has 106 valence electrons. The van der Waals surface area contributed by atoms with Gasteiger partial charge in [-0.3, -0.25) is 9.58 Å². The molecular weight excluding hydrogens is 246 g/mol. The van der Waals surface area contributed by atoms with Crippen molar-refractivity contribution in [3.63, 3.8) is 0 Å². The van der Waals surface area contributed by atoms with E-state index in [1.54, 1.807) is 0 Å². The Morgan fingerprint density at radius 1 is 1.20 bits per heavy atom. The average molecular weight is 269 g/mol. The Labute approximate surface area is 121 Å². The fourth-order valence-corrected chi connectivity index (χ4v) is 3.19. The molecule has 0 aliphatic carbocycles. The zero-order chi connectivity index (χ0) is 13.8. The Balaban J connectivity index is 1.56. The van der Waals surface area contributed by atoms with Crippen molar-refractivity contribution in [3.05, 3.63) is 53.9 Å². The van der Waals surface area contributed by atoms with Gasteiger partial charge in [0.05, 0.1) is 5.69 Å². The highest BCUT2D eigenvalue weighted by Crippen LogP contribution is 2.21. The number of piperidine rings is 1. The number of benzene rings is 1. The van der Waals surface area contributed by atoms with Gasteiger partial charge in [0.25, 0.3) is 0 Å². The first-order chi connectivity index (χ1) is 9.79. The topological polar surface area (TPSA) is 21.1 Å². The van der Waals surface area contributed by atoms with Crippen LogP contribution in [0.25, 0.3) is 0 Å². The van der Waals surface area contributed by atoms with Gasteiger partial charge in [0.1, 0.15) is 0 Å². The molecule has 1 aromatic heterocycles. The first kappa shape index (κ1) is 13.4. The van der Waals surface area contributed by atoms with Crippen molar-refractivity contribution >= 4 is 0 Å². The lowest BCUT2D eigenvalue weighted by atomic mass is 9.91. The molecule has 0 spiro atoms. The maximum atomic E-state index is 4.49. The molecule has 3 heteroatoms. The minimum Gasteiger partial charge on any atom is -0.297 e. The first-order valence-corrected chi connectivity index (χ1v) is 7.54. The van der Waals surface area contributed by atoms with Crippen molar-refractivity contribution in [2.75, 3.05) is 13.1 Å². The van der Waals surface area contributed by atoms with Gasteiger partial charge in [-0.15, -0.1) is 0 Å². The Bertz CT molecular complexity index is 532. The molecule has 0 bridgehead atoms. The molecule has 20 heavy (non-hydrogen) atoms. The predicted octanol–water partition coefficient (Wildman–Crippen LogP) is 2.87. The molecular formula is C17H23N3. The second-order valence-electron chi connectivity index (χ2n) is 5.91. The second-order valence-corrected chi connectivity index (χ2v) is 5.91. The zero-order valence-corrected chi connectivity index (χ0v) is 12.2. The minimum atomic E-state index is 0.787. The number of hydrogen-bond acceptors (Lipinski definition) is 2. The van der Waals surface area contributed by atoms with Gasteiger partial charge in [0.15, 0.2) is 0 Å². The summed E-state index contributed by atoms with van der Waals surface area (Å²) in [4.78, 5) is 2.55. The summed E-state index contributed by atoms with van der Waals surface area (Å²) in [6, 6.07) is 13.0. The highest BCUT2D eigenvalue weighted by atomic mass is 15.3. The van der Waals surface area contributed by atoms with E-state index in [0.29, 0.717) is 0 Å². The van der Waals surface area contributed by atoms with E-state index in [0.717, 1.165) is 12.5 Å². The van der Waals surface area contributed by atoms with Gasteiger partial charge in [-0.2, -0.15) is 5.10 Å². The largest absolute Gasteiger partial charge is 0.297 e. The number of rotatable bonds is 4. The molecule has 2 aromatic rings. The van der Waals surface area contributed by atoms with Crippen LogP contribution in [0.5, 0.6) is 0 Å². The van der Waals surface area contributed by atoms with Crippen LogP contribution in [0.2, 0.25) is 0 Å². The van der Waals surface area contributed by atoms with Gasteiger partial charge in [-0.1, -0.05) is 30.3 Å². The number of aromatic nitrogens is 2. The Morgan fingerprint density at radius 3 is 2.80 bits per heavy atom. The molecule has 1 aromatic carbocycles. The second kappa shape index (κ2) is 6.23. The summed E-state index contributed by atoms with van der Waals surface area (Å²) in [5.41, 5.74) is 2.66. The third-order valence-corrected chi connectivity index (χ3v) is 4.12. The molecule has 1 unspecified atom stereocenters. The van der Waals surface area contributed by atoms with E-state index < -0.39 is 0 Å². The molecule has 0 N–H and O–H groups in total. The summed E-state index contributed by atoms with van der Waals surface area (Å²) >= 11 is 0. The standard InChI is InChI=1S/C17H23N3/c1-19-11-9-17(18-19)14-20-10-5-8-16(13-20)12-15-6-3-2-4-7-15/h2-4,6-7,9,11,16H,5,8,10,12-14H2,1H3. The summed E-state index contributed by atoms with van der Waals surface area (Å²) < 4.78 is 1.89. The quantitative estimate of drug-likeness (QED) is 0.851. The van der Waals surface area contributed by atoms with Crippen molar-refractivity contribution in [1.82, 2.24) is 14.7 Å². The molecule has 0 radical (unpaired) electrons. The monoisotopic (exact) mass is 269 g/mol. The number of nitrogens with zero attached hydrogens (tertiary/aromatic N) is 3. The lowest BCUT2D eigenvalue weighted by Gasteiger charge is -2.32. The fraction of sp³-hybridized carbons (Fsp3) is 0.471. The maximum absolute atomic E-state index is 4.49. The average Bonchev–Trinajstić information content (AvgIpc) is 2.86. The molecule has 1 aliphatic rings. The van der Waals surface area contributed by atoms with Crippen molar-refractivity contribution in [1.29, 1.82) is 0 Å². The summed E-state index contributed by atoms with van der Waals surface area (Å²) in [5, 5.41) is 4.49.